The van der Waals surface area contributed by atoms with Crippen LogP contribution in [0.3, 0.4) is 0 Å². The van der Waals surface area contributed by atoms with Crippen molar-refractivity contribution in [1.82, 2.24) is 15.2 Å². The Labute approximate surface area is 278 Å². The lowest BCUT2D eigenvalue weighted by Gasteiger charge is -2.39. The second-order valence-electron chi connectivity index (χ2n) is 12.4. The maximum absolute atomic E-state index is 14.9. The van der Waals surface area contributed by atoms with Crippen molar-refractivity contribution in [2.45, 2.75) is 63.3 Å². The maximum atomic E-state index is 14.9. The number of benzene rings is 2. The molecule has 0 bridgehead atoms. The van der Waals surface area contributed by atoms with Crippen LogP contribution < -0.4 is 15.1 Å². The van der Waals surface area contributed by atoms with Crippen molar-refractivity contribution in [3.63, 3.8) is 0 Å². The second kappa shape index (κ2) is 13.2. The first kappa shape index (κ1) is 34.2. The number of carbonyl (C=O) groups is 4. The third-order valence-electron chi connectivity index (χ3n) is 7.59. The average molecular weight is 683 g/mol. The quantitative estimate of drug-likeness (QED) is 0.324. The van der Waals surface area contributed by atoms with Crippen LogP contribution in [0.25, 0.3) is 0 Å². The van der Waals surface area contributed by atoms with Gasteiger partial charge in [0.25, 0.3) is 11.8 Å². The highest BCUT2D eigenvalue weighted by atomic mass is 35.5. The largest absolute Gasteiger partial charge is 0.443 e. The smallest absolute Gasteiger partial charge is 0.418 e. The van der Waals surface area contributed by atoms with E-state index in [4.69, 9.17) is 16.3 Å². The number of nitriles is 1. The number of imide groups is 1. The minimum absolute atomic E-state index is 0.0314. The molecule has 5 rings (SSSR count). The van der Waals surface area contributed by atoms with Gasteiger partial charge in [-0.05, 0) is 57.2 Å². The first-order valence-corrected chi connectivity index (χ1v) is 15.2. The Morgan fingerprint density at radius 3 is 2.46 bits per heavy atom. The summed E-state index contributed by atoms with van der Waals surface area (Å²) in [6, 6.07) is 10.1. The van der Waals surface area contributed by atoms with Crippen molar-refractivity contribution >= 4 is 47.0 Å². The summed E-state index contributed by atoms with van der Waals surface area (Å²) in [5.74, 6) is -5.80. The lowest BCUT2D eigenvalue weighted by molar-refractivity contribution is -0.133. The van der Waals surface area contributed by atoms with E-state index in [2.05, 4.69) is 10.3 Å². The molecule has 2 aliphatic rings. The van der Waals surface area contributed by atoms with Gasteiger partial charge in [0.05, 0.1) is 18.2 Å². The van der Waals surface area contributed by atoms with E-state index in [-0.39, 0.29) is 27.7 Å². The summed E-state index contributed by atoms with van der Waals surface area (Å²) in [4.78, 5) is 62.7. The molecule has 1 aliphatic heterocycles. The highest BCUT2D eigenvalue weighted by Gasteiger charge is 2.51. The number of carbonyl (C=O) groups excluding carboxylic acids is 4. The Morgan fingerprint density at radius 1 is 1.12 bits per heavy atom. The summed E-state index contributed by atoms with van der Waals surface area (Å²) in [5.41, 5.74) is -1.00. The molecule has 48 heavy (non-hydrogen) atoms. The van der Waals surface area contributed by atoms with E-state index in [0.29, 0.717) is 4.90 Å². The Hall–Kier alpha value is -5.16. The number of hydrogen-bond acceptors (Lipinski definition) is 7. The van der Waals surface area contributed by atoms with Crippen LogP contribution in [0.1, 0.15) is 50.8 Å². The molecule has 1 saturated heterocycles. The highest BCUT2D eigenvalue weighted by molar-refractivity contribution is 6.31. The highest BCUT2D eigenvalue weighted by Crippen LogP contribution is 2.39. The van der Waals surface area contributed by atoms with Crippen molar-refractivity contribution in [1.29, 1.82) is 5.26 Å². The first-order chi connectivity index (χ1) is 22.6. The van der Waals surface area contributed by atoms with E-state index in [0.717, 1.165) is 21.9 Å². The molecule has 3 aromatic rings. The van der Waals surface area contributed by atoms with E-state index in [1.807, 2.05) is 6.07 Å². The van der Waals surface area contributed by atoms with Crippen LogP contribution in [-0.2, 0) is 14.3 Å². The molecule has 250 valence electrons. The molecule has 1 N–H and O–H groups in total. The molecule has 2 fully saturated rings. The van der Waals surface area contributed by atoms with Gasteiger partial charge in [-0.1, -0.05) is 35.9 Å². The van der Waals surface area contributed by atoms with E-state index < -0.39 is 78.8 Å². The predicted molar refractivity (Wildman–Crippen MR) is 168 cm³/mol. The summed E-state index contributed by atoms with van der Waals surface area (Å²) in [6.07, 6.45) is -1.10. The Balaban J connectivity index is 1.65. The molecular weight excluding hydrogens is 653 g/mol. The lowest BCUT2D eigenvalue weighted by Crippen LogP contribution is -2.56. The van der Waals surface area contributed by atoms with E-state index >= 15 is 0 Å². The Kier molecular flexibility index (Phi) is 9.37. The van der Waals surface area contributed by atoms with Gasteiger partial charge in [0, 0.05) is 41.4 Å². The van der Waals surface area contributed by atoms with Gasteiger partial charge in [-0.25, -0.2) is 32.6 Å². The zero-order valence-corrected chi connectivity index (χ0v) is 26.7. The van der Waals surface area contributed by atoms with Crippen molar-refractivity contribution < 1.29 is 37.1 Å². The van der Waals surface area contributed by atoms with Crippen LogP contribution in [0, 0.1) is 17.1 Å². The van der Waals surface area contributed by atoms with Gasteiger partial charge in [-0.3, -0.25) is 19.4 Å². The number of nitrogens with one attached hydrogen (secondary N) is 1. The number of hydrogen-bond donors (Lipinski definition) is 1. The minimum atomic E-state index is -2.98. The van der Waals surface area contributed by atoms with Crippen molar-refractivity contribution in [3.8, 4) is 6.07 Å². The number of alkyl halides is 2. The predicted octanol–water partition coefficient (Wildman–Crippen LogP) is 5.98. The molecule has 2 heterocycles. The molecule has 15 heteroatoms. The second-order valence-corrected chi connectivity index (χ2v) is 12.8. The topological polar surface area (TPSA) is 136 Å². The molecule has 0 radical (unpaired) electrons. The third kappa shape index (κ3) is 7.21. The number of rotatable bonds is 7. The van der Waals surface area contributed by atoms with Gasteiger partial charge in [-0.2, -0.15) is 5.26 Å². The normalized spacial score (nSPS) is 18.0. The number of urea groups is 1. The number of anilines is 2. The van der Waals surface area contributed by atoms with Crippen molar-refractivity contribution in [2.75, 3.05) is 16.3 Å². The minimum Gasteiger partial charge on any atom is -0.443 e. The van der Waals surface area contributed by atoms with Crippen LogP contribution >= 0.6 is 11.6 Å². The molecule has 0 spiro atoms. The number of pyridine rings is 1. The Morgan fingerprint density at radius 2 is 1.83 bits per heavy atom. The van der Waals surface area contributed by atoms with Gasteiger partial charge in [0.1, 0.15) is 29.3 Å². The van der Waals surface area contributed by atoms with Crippen molar-refractivity contribution in [3.05, 3.63) is 88.8 Å². The number of nitrogens with zero attached hydrogens (tertiary/aromatic N) is 5. The molecule has 2 atom stereocenters. The summed E-state index contributed by atoms with van der Waals surface area (Å²) >= 11 is 6.54. The molecule has 1 aromatic heterocycles. The number of aromatic nitrogens is 1. The summed E-state index contributed by atoms with van der Waals surface area (Å²) in [6.45, 7) is 4.16. The third-order valence-corrected chi connectivity index (χ3v) is 7.94. The fourth-order valence-electron chi connectivity index (χ4n) is 5.46. The zero-order valence-electron chi connectivity index (χ0n) is 26.0. The molecule has 5 amide bonds. The van der Waals surface area contributed by atoms with Crippen molar-refractivity contribution in [2.24, 2.45) is 0 Å². The average Bonchev–Trinajstić information content (AvgIpc) is 3.35. The summed E-state index contributed by atoms with van der Waals surface area (Å²) < 4.78 is 47.7. The molecule has 11 nitrogen and oxygen atoms in total. The number of ether oxygens (including phenoxy) is 1. The fraction of sp³-hybridized carbons (Fsp3) is 0.333. The van der Waals surface area contributed by atoms with Crippen LogP contribution in [-0.4, -0.2) is 64.0 Å². The van der Waals surface area contributed by atoms with Crippen LogP contribution in [0.4, 0.5) is 34.3 Å². The van der Waals surface area contributed by atoms with Crippen LogP contribution in [0.5, 0.6) is 0 Å². The van der Waals surface area contributed by atoms with E-state index in [9.17, 15) is 37.6 Å². The van der Waals surface area contributed by atoms with Gasteiger partial charge in [0.15, 0.2) is 0 Å². The summed E-state index contributed by atoms with van der Waals surface area (Å²) in [5, 5.41) is 12.1. The van der Waals surface area contributed by atoms with Gasteiger partial charge in [0.2, 0.25) is 5.91 Å². The van der Waals surface area contributed by atoms with Gasteiger partial charge in [-0.15, -0.1) is 0 Å². The van der Waals surface area contributed by atoms with Crippen LogP contribution in [0.2, 0.25) is 5.02 Å². The van der Waals surface area contributed by atoms with Gasteiger partial charge < -0.3 is 10.1 Å². The monoisotopic (exact) mass is 682 g/mol. The van der Waals surface area contributed by atoms with Gasteiger partial charge >= 0.3 is 12.1 Å². The SMILES string of the molecule is CC(C)(C)OC(=O)N1C[C@@H](C(=O)N(c2cccc(F)c2)[C@H](C(=O)NC2CC(F)(F)C2)c2ccccc2Cl)N(c2cc(C#N)ccn2)C1=O. The summed E-state index contributed by atoms with van der Waals surface area (Å²) in [7, 11) is 0. The maximum Gasteiger partial charge on any atom is 0.418 e. The van der Waals surface area contributed by atoms with Crippen LogP contribution in [0.15, 0.2) is 66.9 Å². The molecule has 0 unspecified atom stereocenters. The van der Waals surface area contributed by atoms with E-state index in [1.165, 1.54) is 42.6 Å². The standard InChI is InChI=1S/C33H30ClF3N6O5/c1-32(2,3)48-31(47)41-18-25(43(30(41)46)26-13-19(17-38)11-12-39-26)29(45)42(22-8-6-7-20(35)14-22)27(23-9-4-5-10-24(23)34)28(44)40-21-15-33(36,37)16-21/h4-14,21,25,27H,15-16,18H2,1-3H3,(H,40,44)/t25-,27-/m0/s1. The molecular formula is C33H30ClF3N6O5. The molecule has 1 aliphatic carbocycles. The lowest BCUT2D eigenvalue weighted by atomic mass is 9.87. The zero-order chi connectivity index (χ0) is 35.0. The molecule has 2 aromatic carbocycles. The molecule has 1 saturated carbocycles. The Bertz CT molecular complexity index is 1800. The number of amides is 5. The fourth-order valence-corrected chi connectivity index (χ4v) is 5.70. The number of halogens is 4. The van der Waals surface area contributed by atoms with E-state index in [1.54, 1.807) is 32.9 Å². The first-order valence-electron chi connectivity index (χ1n) is 14.8.